The van der Waals surface area contributed by atoms with Gasteiger partial charge in [-0.1, -0.05) is 30.3 Å². The van der Waals surface area contributed by atoms with E-state index in [-0.39, 0.29) is 0 Å². The average Bonchev–Trinajstić information content (AvgIpc) is 3.61. The van der Waals surface area contributed by atoms with Gasteiger partial charge in [-0.05, 0) is 81.4 Å². The Kier molecular flexibility index (Phi) is 6.76. The zero-order chi connectivity index (χ0) is 20.9. The number of ether oxygens (including phenoxy) is 1. The summed E-state index contributed by atoms with van der Waals surface area (Å²) in [6.45, 7) is 6.54. The first-order valence-electron chi connectivity index (χ1n) is 12.4. The molecule has 3 fully saturated rings. The molecule has 1 aliphatic carbocycles. The first-order chi connectivity index (χ1) is 15.3. The van der Waals surface area contributed by atoms with Crippen molar-refractivity contribution in [2.24, 2.45) is 0 Å². The van der Waals surface area contributed by atoms with Crippen LogP contribution in [0.5, 0.6) is 5.75 Å². The van der Waals surface area contributed by atoms with Gasteiger partial charge in [-0.15, -0.1) is 0 Å². The quantitative estimate of drug-likeness (QED) is 0.673. The Hall–Kier alpha value is -2.04. The predicted octanol–water partition coefficient (Wildman–Crippen LogP) is 4.67. The van der Waals surface area contributed by atoms with Gasteiger partial charge in [-0.2, -0.15) is 0 Å². The van der Waals surface area contributed by atoms with Crippen LogP contribution in [0.25, 0.3) is 0 Å². The summed E-state index contributed by atoms with van der Waals surface area (Å²) < 4.78 is 6.04. The topological polar surface area (TPSA) is 27.7 Å². The number of nitrogens with zero attached hydrogens (tertiary/aromatic N) is 2. The average molecular weight is 420 g/mol. The Morgan fingerprint density at radius 1 is 0.839 bits per heavy atom. The van der Waals surface area contributed by atoms with Crippen molar-refractivity contribution in [3.63, 3.8) is 0 Å². The van der Waals surface area contributed by atoms with Crippen molar-refractivity contribution in [1.82, 2.24) is 10.2 Å². The van der Waals surface area contributed by atoms with Crippen molar-refractivity contribution in [3.8, 4) is 5.75 Å². The molecule has 166 valence electrons. The third kappa shape index (κ3) is 5.61. The lowest BCUT2D eigenvalue weighted by atomic mass is 10.0. The number of likely N-dealkylation sites (tertiary alicyclic amines) is 1. The molecule has 2 saturated heterocycles. The van der Waals surface area contributed by atoms with Crippen LogP contribution in [-0.4, -0.2) is 56.3 Å². The molecular formula is C27H37N3O. The van der Waals surface area contributed by atoms with Crippen LogP contribution in [0.15, 0.2) is 54.6 Å². The van der Waals surface area contributed by atoms with Crippen LogP contribution in [-0.2, 0) is 0 Å². The van der Waals surface area contributed by atoms with Crippen LogP contribution in [0.3, 0.4) is 0 Å². The Morgan fingerprint density at radius 3 is 2.32 bits per heavy atom. The molecule has 3 aliphatic rings. The van der Waals surface area contributed by atoms with Crippen molar-refractivity contribution in [2.45, 2.75) is 56.5 Å². The van der Waals surface area contributed by atoms with E-state index in [0.717, 1.165) is 24.8 Å². The lowest BCUT2D eigenvalue weighted by Gasteiger charge is -2.32. The van der Waals surface area contributed by atoms with Crippen LogP contribution in [0.1, 0.15) is 50.0 Å². The Bertz CT molecular complexity index is 795. The number of benzene rings is 2. The van der Waals surface area contributed by atoms with Crippen molar-refractivity contribution in [2.75, 3.05) is 44.2 Å². The molecule has 2 aromatic carbocycles. The van der Waals surface area contributed by atoms with Gasteiger partial charge < -0.3 is 15.0 Å². The van der Waals surface area contributed by atoms with Gasteiger partial charge in [0.05, 0.1) is 0 Å². The number of piperidine rings is 2. The largest absolute Gasteiger partial charge is 0.492 e. The Labute approximate surface area is 187 Å². The molecular weight excluding hydrogens is 382 g/mol. The maximum Gasteiger partial charge on any atom is 0.119 e. The molecule has 2 atom stereocenters. The van der Waals surface area contributed by atoms with Crippen LogP contribution in [0, 0.1) is 0 Å². The summed E-state index contributed by atoms with van der Waals surface area (Å²) in [7, 11) is 0. The van der Waals surface area contributed by atoms with Gasteiger partial charge in [-0.3, -0.25) is 4.90 Å². The van der Waals surface area contributed by atoms with E-state index in [1.165, 1.54) is 76.0 Å². The minimum Gasteiger partial charge on any atom is -0.492 e. The van der Waals surface area contributed by atoms with E-state index >= 15 is 0 Å². The highest BCUT2D eigenvalue weighted by Gasteiger charge is 2.39. The summed E-state index contributed by atoms with van der Waals surface area (Å²) in [5, 5.41) is 3.91. The maximum absolute atomic E-state index is 6.04. The highest BCUT2D eigenvalue weighted by atomic mass is 16.5. The second-order valence-electron chi connectivity index (χ2n) is 9.53. The van der Waals surface area contributed by atoms with E-state index < -0.39 is 0 Å². The molecule has 5 rings (SSSR count). The van der Waals surface area contributed by atoms with Gasteiger partial charge in [0.25, 0.3) is 0 Å². The SMILES string of the molecule is c1ccc([C@@H]2C[C@H]2NC2CCN(CCOc3ccc(N4CCCCC4)cc3)CC2)cc1. The minimum absolute atomic E-state index is 0.679. The van der Waals surface area contributed by atoms with E-state index in [2.05, 4.69) is 69.7 Å². The van der Waals surface area contributed by atoms with Crippen molar-refractivity contribution in [3.05, 3.63) is 60.2 Å². The molecule has 1 saturated carbocycles. The second-order valence-corrected chi connectivity index (χ2v) is 9.53. The number of anilines is 1. The first-order valence-corrected chi connectivity index (χ1v) is 12.4. The first kappa shape index (κ1) is 20.8. The molecule has 0 spiro atoms. The molecule has 0 amide bonds. The Balaban J connectivity index is 0.982. The number of rotatable bonds is 8. The third-order valence-corrected chi connectivity index (χ3v) is 7.29. The smallest absolute Gasteiger partial charge is 0.119 e. The molecule has 4 heteroatoms. The zero-order valence-corrected chi connectivity index (χ0v) is 18.7. The predicted molar refractivity (Wildman–Crippen MR) is 128 cm³/mol. The van der Waals surface area contributed by atoms with Crippen molar-refractivity contribution < 1.29 is 4.74 Å². The summed E-state index contributed by atoms with van der Waals surface area (Å²) in [5.74, 6) is 1.73. The molecule has 2 heterocycles. The highest BCUT2D eigenvalue weighted by Crippen LogP contribution is 2.41. The molecule has 4 nitrogen and oxygen atoms in total. The van der Waals surface area contributed by atoms with Gasteiger partial charge in [0.2, 0.25) is 0 Å². The molecule has 0 bridgehead atoms. The molecule has 2 aromatic rings. The van der Waals surface area contributed by atoms with Crippen LogP contribution in [0.2, 0.25) is 0 Å². The number of hydrogen-bond acceptors (Lipinski definition) is 4. The molecule has 0 radical (unpaired) electrons. The summed E-state index contributed by atoms with van der Waals surface area (Å²) >= 11 is 0. The van der Waals surface area contributed by atoms with E-state index in [9.17, 15) is 0 Å². The molecule has 0 unspecified atom stereocenters. The highest BCUT2D eigenvalue weighted by molar-refractivity contribution is 5.49. The third-order valence-electron chi connectivity index (χ3n) is 7.29. The van der Waals surface area contributed by atoms with Gasteiger partial charge in [0, 0.05) is 43.3 Å². The number of hydrogen-bond donors (Lipinski definition) is 1. The fourth-order valence-electron chi connectivity index (χ4n) is 5.27. The summed E-state index contributed by atoms with van der Waals surface area (Å²) in [5.41, 5.74) is 2.84. The Morgan fingerprint density at radius 2 is 1.58 bits per heavy atom. The molecule has 0 aromatic heterocycles. The fraction of sp³-hybridized carbons (Fsp3) is 0.556. The van der Waals surface area contributed by atoms with Gasteiger partial charge in [-0.25, -0.2) is 0 Å². The second kappa shape index (κ2) is 10.1. The van der Waals surface area contributed by atoms with E-state index in [1.54, 1.807) is 0 Å². The summed E-state index contributed by atoms with van der Waals surface area (Å²) in [4.78, 5) is 5.05. The maximum atomic E-state index is 6.04. The number of nitrogens with one attached hydrogen (secondary N) is 1. The van der Waals surface area contributed by atoms with Crippen LogP contribution < -0.4 is 15.0 Å². The molecule has 2 aliphatic heterocycles. The summed E-state index contributed by atoms with van der Waals surface area (Å²) in [6, 6.07) is 21.1. The standard InChI is InChI=1S/C27H37N3O/c1-3-7-22(8-4-1)26-21-27(26)28-23-13-17-29(18-14-23)19-20-31-25-11-9-24(10-12-25)30-15-5-2-6-16-30/h1,3-4,7-12,23,26-28H,2,5-6,13-21H2/t26-,27+/m0/s1. The van der Waals surface area contributed by atoms with Gasteiger partial charge in [0.1, 0.15) is 12.4 Å². The van der Waals surface area contributed by atoms with Gasteiger partial charge >= 0.3 is 0 Å². The monoisotopic (exact) mass is 419 g/mol. The lowest BCUT2D eigenvalue weighted by Crippen LogP contribution is -2.44. The summed E-state index contributed by atoms with van der Waals surface area (Å²) in [6.07, 6.45) is 7.82. The molecule has 1 N–H and O–H groups in total. The van der Waals surface area contributed by atoms with Crippen LogP contribution >= 0.6 is 0 Å². The lowest BCUT2D eigenvalue weighted by molar-refractivity contribution is 0.164. The fourth-order valence-corrected chi connectivity index (χ4v) is 5.27. The van der Waals surface area contributed by atoms with Gasteiger partial charge in [0.15, 0.2) is 0 Å². The van der Waals surface area contributed by atoms with Crippen LogP contribution in [0.4, 0.5) is 5.69 Å². The van der Waals surface area contributed by atoms with E-state index in [1.807, 2.05) is 0 Å². The zero-order valence-electron chi connectivity index (χ0n) is 18.7. The van der Waals surface area contributed by atoms with E-state index in [4.69, 9.17) is 4.74 Å². The normalized spacial score (nSPS) is 24.8. The molecule has 31 heavy (non-hydrogen) atoms. The van der Waals surface area contributed by atoms with E-state index in [0.29, 0.717) is 12.1 Å². The van der Waals surface area contributed by atoms with Crippen molar-refractivity contribution >= 4 is 5.69 Å². The van der Waals surface area contributed by atoms with Crippen molar-refractivity contribution in [1.29, 1.82) is 0 Å². The minimum atomic E-state index is 0.679.